The first-order chi connectivity index (χ1) is 8.35. The molecular formula is C7H3Cl2N3O4S2. The monoisotopic (exact) mass is 327 g/mol. The first-order valence-corrected chi connectivity index (χ1v) is 7.11. The standard InChI is InChI=1S/C7H3Cl2N3O4S2/c8-3-1-5-6(2-4(3)9)17-7(10-5)11-12-16-18(13,14)15/h1-2H,(H,13,14,15)/b12-11+. The van der Waals surface area contributed by atoms with Gasteiger partial charge in [-0.1, -0.05) is 39.7 Å². The van der Waals surface area contributed by atoms with Gasteiger partial charge < -0.3 is 0 Å². The number of nitrogens with zero attached hydrogens (tertiary/aromatic N) is 3. The highest BCUT2D eigenvalue weighted by Gasteiger charge is 2.08. The summed E-state index contributed by atoms with van der Waals surface area (Å²) in [5.41, 5.74) is 0.537. The average Bonchev–Trinajstić information content (AvgIpc) is 2.58. The van der Waals surface area contributed by atoms with E-state index in [1.54, 1.807) is 12.1 Å². The van der Waals surface area contributed by atoms with Gasteiger partial charge in [-0.25, -0.2) is 9.27 Å². The van der Waals surface area contributed by atoms with E-state index in [0.29, 0.717) is 20.3 Å². The molecule has 0 amide bonds. The third-order valence-corrected chi connectivity index (χ3v) is 3.55. The van der Waals surface area contributed by atoms with Crippen LogP contribution in [0.5, 0.6) is 0 Å². The molecule has 1 aromatic carbocycles. The maximum Gasteiger partial charge on any atom is 0.467 e. The molecule has 1 N–H and O–H groups in total. The normalized spacial score (nSPS) is 12.4. The smallest absolute Gasteiger partial charge is 0.253 e. The maximum atomic E-state index is 10.2. The Balaban J connectivity index is 2.31. The molecule has 0 atom stereocenters. The first kappa shape index (κ1) is 13.4. The van der Waals surface area contributed by atoms with Gasteiger partial charge in [0.2, 0.25) is 5.13 Å². The van der Waals surface area contributed by atoms with Gasteiger partial charge in [-0.15, -0.1) is 0 Å². The Morgan fingerprint density at radius 2 is 2.00 bits per heavy atom. The van der Waals surface area contributed by atoms with E-state index in [1.165, 1.54) is 0 Å². The van der Waals surface area contributed by atoms with Crippen LogP contribution in [0.3, 0.4) is 0 Å². The van der Waals surface area contributed by atoms with E-state index < -0.39 is 10.4 Å². The minimum absolute atomic E-state index is 0.131. The molecule has 0 spiro atoms. The Morgan fingerprint density at radius 3 is 2.67 bits per heavy atom. The van der Waals surface area contributed by atoms with Gasteiger partial charge in [-0.3, -0.25) is 4.55 Å². The molecule has 0 saturated heterocycles. The van der Waals surface area contributed by atoms with Gasteiger partial charge in [0.05, 0.1) is 25.5 Å². The molecule has 0 radical (unpaired) electrons. The molecule has 0 aliphatic heterocycles. The second-order valence-corrected chi connectivity index (χ2v) is 5.74. The van der Waals surface area contributed by atoms with Crippen molar-refractivity contribution in [1.82, 2.24) is 4.98 Å². The highest BCUT2D eigenvalue weighted by Crippen LogP contribution is 2.34. The lowest BCUT2D eigenvalue weighted by molar-refractivity contribution is 0.264. The van der Waals surface area contributed by atoms with E-state index in [1.807, 2.05) is 0 Å². The number of fused-ring (bicyclic) bond motifs is 1. The highest BCUT2D eigenvalue weighted by atomic mass is 35.5. The number of aromatic nitrogens is 1. The van der Waals surface area contributed by atoms with Gasteiger partial charge in [0.1, 0.15) is 0 Å². The molecule has 96 valence electrons. The molecule has 0 bridgehead atoms. The van der Waals surface area contributed by atoms with Crippen molar-refractivity contribution >= 4 is 60.3 Å². The van der Waals surface area contributed by atoms with Crippen LogP contribution in [-0.4, -0.2) is 18.0 Å². The van der Waals surface area contributed by atoms with E-state index in [9.17, 15) is 8.42 Å². The average molecular weight is 328 g/mol. The van der Waals surface area contributed by atoms with Crippen molar-refractivity contribution in [2.24, 2.45) is 10.4 Å². The molecule has 11 heteroatoms. The van der Waals surface area contributed by atoms with Crippen molar-refractivity contribution in [1.29, 1.82) is 0 Å². The van der Waals surface area contributed by atoms with Gasteiger partial charge in [0.25, 0.3) is 0 Å². The Kier molecular flexibility index (Phi) is 3.69. The fourth-order valence-electron chi connectivity index (χ4n) is 1.05. The Morgan fingerprint density at radius 1 is 1.33 bits per heavy atom. The summed E-state index contributed by atoms with van der Waals surface area (Å²) < 4.78 is 33.1. The summed E-state index contributed by atoms with van der Waals surface area (Å²) in [6, 6.07) is 3.14. The van der Waals surface area contributed by atoms with Crippen LogP contribution in [0.15, 0.2) is 22.5 Å². The summed E-state index contributed by atoms with van der Waals surface area (Å²) in [4.78, 5) is 3.99. The lowest BCUT2D eigenvalue weighted by Gasteiger charge is -1.92. The molecule has 0 fully saturated rings. The largest absolute Gasteiger partial charge is 0.467 e. The highest BCUT2D eigenvalue weighted by molar-refractivity contribution is 7.80. The fourth-order valence-corrected chi connectivity index (χ4v) is 2.35. The zero-order valence-corrected chi connectivity index (χ0v) is 11.4. The third-order valence-electron chi connectivity index (χ3n) is 1.67. The van der Waals surface area contributed by atoms with E-state index >= 15 is 0 Å². The summed E-state index contributed by atoms with van der Waals surface area (Å²) >= 11 is 12.7. The van der Waals surface area contributed by atoms with Gasteiger partial charge in [0, 0.05) is 0 Å². The summed E-state index contributed by atoms with van der Waals surface area (Å²) in [6.07, 6.45) is 0. The SMILES string of the molecule is O=S(=O)(O)O/N=N/c1nc2cc(Cl)c(Cl)cc2s1. The number of thiazole rings is 1. The maximum absolute atomic E-state index is 10.2. The molecule has 0 unspecified atom stereocenters. The van der Waals surface area contributed by atoms with E-state index in [0.717, 1.165) is 11.3 Å². The third kappa shape index (κ3) is 3.27. The Bertz CT molecular complexity index is 689. The fraction of sp³-hybridized carbons (Fsp3) is 0. The molecule has 18 heavy (non-hydrogen) atoms. The zero-order valence-electron chi connectivity index (χ0n) is 8.24. The number of hydrogen-bond acceptors (Lipinski definition) is 7. The van der Waals surface area contributed by atoms with Crippen LogP contribution >= 0.6 is 34.5 Å². The predicted octanol–water partition coefficient (Wildman–Crippen LogP) is 3.42. The van der Waals surface area contributed by atoms with Crippen molar-refractivity contribution in [3.63, 3.8) is 0 Å². The number of benzene rings is 1. The van der Waals surface area contributed by atoms with Crippen molar-refractivity contribution in [3.05, 3.63) is 22.2 Å². The molecule has 7 nitrogen and oxygen atoms in total. The van der Waals surface area contributed by atoms with Crippen LogP contribution in [0.1, 0.15) is 0 Å². The van der Waals surface area contributed by atoms with Crippen molar-refractivity contribution < 1.29 is 17.3 Å². The van der Waals surface area contributed by atoms with Crippen molar-refractivity contribution in [2.75, 3.05) is 0 Å². The van der Waals surface area contributed by atoms with Crippen molar-refractivity contribution in [2.45, 2.75) is 0 Å². The van der Waals surface area contributed by atoms with Gasteiger partial charge in [-0.2, -0.15) is 8.42 Å². The number of halogens is 2. The summed E-state index contributed by atoms with van der Waals surface area (Å²) in [5, 5.41) is 7.03. The predicted molar refractivity (Wildman–Crippen MR) is 66.8 cm³/mol. The summed E-state index contributed by atoms with van der Waals surface area (Å²) in [5.74, 6) is 0. The molecule has 0 aliphatic carbocycles. The minimum atomic E-state index is -4.66. The lowest BCUT2D eigenvalue weighted by atomic mass is 10.3. The topological polar surface area (TPSA) is 101 Å². The van der Waals surface area contributed by atoms with Gasteiger partial charge in [-0.05, 0) is 12.1 Å². The Labute approximate surface area is 115 Å². The molecule has 2 rings (SSSR count). The molecule has 0 aliphatic rings. The molecule has 2 aromatic rings. The first-order valence-electron chi connectivity index (χ1n) is 4.18. The van der Waals surface area contributed by atoms with Crippen LogP contribution in [0.4, 0.5) is 5.13 Å². The number of hydrogen-bond donors (Lipinski definition) is 1. The van der Waals surface area contributed by atoms with E-state index in [2.05, 4.69) is 19.7 Å². The van der Waals surface area contributed by atoms with Crippen LogP contribution in [-0.2, 0) is 14.7 Å². The molecule has 1 aromatic heterocycles. The second-order valence-electron chi connectivity index (χ2n) is 2.91. The van der Waals surface area contributed by atoms with E-state index in [-0.39, 0.29) is 5.13 Å². The molecule has 1 heterocycles. The zero-order chi connectivity index (χ0) is 13.3. The number of rotatable bonds is 3. The second kappa shape index (κ2) is 4.94. The summed E-state index contributed by atoms with van der Waals surface area (Å²) in [6.45, 7) is 0. The quantitative estimate of drug-likeness (QED) is 0.528. The van der Waals surface area contributed by atoms with Crippen LogP contribution in [0, 0.1) is 0 Å². The van der Waals surface area contributed by atoms with Crippen LogP contribution in [0.25, 0.3) is 10.2 Å². The van der Waals surface area contributed by atoms with Crippen LogP contribution in [0.2, 0.25) is 10.0 Å². The van der Waals surface area contributed by atoms with Gasteiger partial charge in [0.15, 0.2) is 0 Å². The molecular weight excluding hydrogens is 325 g/mol. The summed E-state index contributed by atoms with van der Waals surface area (Å²) in [7, 11) is -4.66. The Hall–Kier alpha value is -1.000. The van der Waals surface area contributed by atoms with Gasteiger partial charge >= 0.3 is 10.4 Å². The van der Waals surface area contributed by atoms with Crippen LogP contribution < -0.4 is 0 Å². The van der Waals surface area contributed by atoms with Crippen molar-refractivity contribution in [3.8, 4) is 0 Å². The minimum Gasteiger partial charge on any atom is -0.253 e. The molecule has 0 saturated carbocycles. The lowest BCUT2D eigenvalue weighted by Crippen LogP contribution is -1.96. The van der Waals surface area contributed by atoms with E-state index in [4.69, 9.17) is 27.8 Å².